The fourth-order valence-corrected chi connectivity index (χ4v) is 5.78. The Morgan fingerprint density at radius 2 is 2.03 bits per heavy atom. The molecule has 2 aliphatic carbocycles. The van der Waals surface area contributed by atoms with Crippen LogP contribution in [0, 0.1) is 11.8 Å². The summed E-state index contributed by atoms with van der Waals surface area (Å²) in [5.41, 5.74) is 4.67. The minimum atomic E-state index is -0.380. The van der Waals surface area contributed by atoms with Crippen molar-refractivity contribution in [3.05, 3.63) is 47.1 Å². The molecule has 1 N–H and O–H groups in total. The molecule has 0 aromatic carbocycles. The Morgan fingerprint density at radius 3 is 2.82 bits per heavy atom. The lowest BCUT2D eigenvalue weighted by molar-refractivity contribution is -0.169. The summed E-state index contributed by atoms with van der Waals surface area (Å²) in [6.45, 7) is 6.76. The van der Waals surface area contributed by atoms with Crippen molar-refractivity contribution in [2.24, 2.45) is 11.8 Å². The Hall–Kier alpha value is -2.18. The molecule has 2 amide bonds. The first-order valence-electron chi connectivity index (χ1n) is 12.7. The number of ether oxygens (including phenoxy) is 2. The van der Waals surface area contributed by atoms with E-state index < -0.39 is 0 Å². The van der Waals surface area contributed by atoms with Gasteiger partial charge in [-0.05, 0) is 74.9 Å². The fraction of sp³-hybridized carbons (Fsp3) is 0.630. The second-order valence-electron chi connectivity index (χ2n) is 10.2. The summed E-state index contributed by atoms with van der Waals surface area (Å²) in [6.07, 6.45) is 15.5. The van der Waals surface area contributed by atoms with Gasteiger partial charge in [0, 0.05) is 31.2 Å². The van der Waals surface area contributed by atoms with Crippen LogP contribution in [0.5, 0.6) is 0 Å². The number of nitrogens with zero attached hydrogens (tertiary/aromatic N) is 1. The fourth-order valence-electron chi connectivity index (χ4n) is 5.78. The van der Waals surface area contributed by atoms with Gasteiger partial charge in [0.2, 0.25) is 5.91 Å². The number of nitrogens with one attached hydrogen (secondary N) is 1. The molecule has 6 nitrogen and oxygen atoms in total. The molecule has 0 bridgehead atoms. The maximum absolute atomic E-state index is 13.1. The molecule has 4 atom stereocenters. The number of carbonyl (C=O) groups excluding carboxylic acids is 2. The Balaban J connectivity index is 1.17. The number of carbonyl (C=O) groups is 2. The minimum Gasteiger partial charge on any atom is -0.353 e. The van der Waals surface area contributed by atoms with E-state index in [9.17, 15) is 9.59 Å². The van der Waals surface area contributed by atoms with E-state index in [1.807, 2.05) is 6.08 Å². The van der Waals surface area contributed by atoms with Crippen molar-refractivity contribution in [3.63, 3.8) is 0 Å². The lowest BCUT2D eigenvalue weighted by Gasteiger charge is -2.28. The van der Waals surface area contributed by atoms with Crippen LogP contribution in [0.4, 0.5) is 0 Å². The minimum absolute atomic E-state index is 0.00908. The van der Waals surface area contributed by atoms with Crippen LogP contribution < -0.4 is 5.32 Å². The van der Waals surface area contributed by atoms with Crippen molar-refractivity contribution in [3.8, 4) is 0 Å². The summed E-state index contributed by atoms with van der Waals surface area (Å²) in [6, 6.07) is -0.380. The van der Waals surface area contributed by atoms with Crippen LogP contribution in [0.15, 0.2) is 47.1 Å². The predicted molar refractivity (Wildman–Crippen MR) is 126 cm³/mol. The molecule has 5 aliphatic rings. The van der Waals surface area contributed by atoms with E-state index in [0.717, 1.165) is 69.3 Å². The molecule has 0 aromatic heterocycles. The predicted octanol–water partition coefficient (Wildman–Crippen LogP) is 3.81. The van der Waals surface area contributed by atoms with Gasteiger partial charge in [0.05, 0.1) is 6.61 Å². The number of likely N-dealkylation sites (tertiary alicyclic amines) is 1. The summed E-state index contributed by atoms with van der Waals surface area (Å²) in [5, 5.41) is 2.93. The summed E-state index contributed by atoms with van der Waals surface area (Å²) >= 11 is 0. The molecular formula is C27H36N2O4. The van der Waals surface area contributed by atoms with Gasteiger partial charge >= 0.3 is 0 Å². The summed E-state index contributed by atoms with van der Waals surface area (Å²) in [5.74, 6) is 0.725. The van der Waals surface area contributed by atoms with Crippen LogP contribution in [0.2, 0.25) is 0 Å². The van der Waals surface area contributed by atoms with Crippen LogP contribution in [-0.2, 0) is 19.1 Å². The Labute approximate surface area is 196 Å². The first-order chi connectivity index (χ1) is 16.1. The highest BCUT2D eigenvalue weighted by atomic mass is 16.7. The maximum Gasteiger partial charge on any atom is 0.250 e. The van der Waals surface area contributed by atoms with Gasteiger partial charge in [-0.1, -0.05) is 30.4 Å². The third-order valence-corrected chi connectivity index (χ3v) is 7.85. The monoisotopic (exact) mass is 452 g/mol. The van der Waals surface area contributed by atoms with Gasteiger partial charge in [-0.25, -0.2) is 0 Å². The van der Waals surface area contributed by atoms with Crippen molar-refractivity contribution in [1.29, 1.82) is 0 Å². The molecule has 3 heterocycles. The molecule has 6 heteroatoms. The first-order valence-corrected chi connectivity index (χ1v) is 12.7. The third kappa shape index (κ3) is 5.02. The molecule has 0 saturated carbocycles. The molecule has 178 valence electrons. The highest BCUT2D eigenvalue weighted by Crippen LogP contribution is 2.39. The molecule has 3 aliphatic heterocycles. The first kappa shape index (κ1) is 22.6. The molecule has 0 spiro atoms. The van der Waals surface area contributed by atoms with Gasteiger partial charge in [-0.2, -0.15) is 0 Å². The maximum atomic E-state index is 13.1. The van der Waals surface area contributed by atoms with Gasteiger partial charge in [-0.15, -0.1) is 0 Å². The zero-order valence-electron chi connectivity index (χ0n) is 19.5. The number of hydrogen-bond donors (Lipinski definition) is 1. The van der Waals surface area contributed by atoms with Gasteiger partial charge in [-0.3, -0.25) is 9.59 Å². The summed E-state index contributed by atoms with van der Waals surface area (Å²) in [7, 11) is 0. The number of hydrogen-bond acceptors (Lipinski definition) is 4. The van der Waals surface area contributed by atoms with E-state index in [0.29, 0.717) is 25.4 Å². The van der Waals surface area contributed by atoms with Crippen LogP contribution in [-0.4, -0.2) is 55.3 Å². The van der Waals surface area contributed by atoms with E-state index >= 15 is 0 Å². The number of rotatable bonds is 5. The molecule has 5 rings (SSSR count). The largest absolute Gasteiger partial charge is 0.353 e. The summed E-state index contributed by atoms with van der Waals surface area (Å²) < 4.78 is 11.7. The Bertz CT molecular complexity index is 896. The van der Waals surface area contributed by atoms with Gasteiger partial charge in [0.25, 0.3) is 5.91 Å². The molecule has 4 unspecified atom stereocenters. The number of allylic oxidation sites excluding steroid dienone is 5. The zero-order chi connectivity index (χ0) is 22.8. The second-order valence-corrected chi connectivity index (χ2v) is 10.2. The van der Waals surface area contributed by atoms with Crippen molar-refractivity contribution < 1.29 is 19.1 Å². The van der Waals surface area contributed by atoms with E-state index in [1.165, 1.54) is 17.6 Å². The van der Waals surface area contributed by atoms with Gasteiger partial charge in [0.1, 0.15) is 6.04 Å². The second kappa shape index (κ2) is 9.98. The van der Waals surface area contributed by atoms with Crippen molar-refractivity contribution >= 4 is 11.8 Å². The average molecular weight is 453 g/mol. The quantitative estimate of drug-likeness (QED) is 0.644. The van der Waals surface area contributed by atoms with E-state index in [4.69, 9.17) is 9.47 Å². The highest BCUT2D eigenvalue weighted by molar-refractivity contribution is 6.00. The topological polar surface area (TPSA) is 67.9 Å². The smallest absolute Gasteiger partial charge is 0.250 e. The van der Waals surface area contributed by atoms with E-state index in [2.05, 4.69) is 24.0 Å². The standard InChI is InChI=1S/C27H36N2O4/c1-18-5-12-24(26(30)28-15-18)29-16-22-14-21(10-11-23(22)27(29)31)20-8-6-19(7-9-20)17-33-25-4-2-3-13-32-25/h8,10-11,19,22,24-25H,1-7,9,12-17H2,(H,28,30). The van der Waals surface area contributed by atoms with E-state index in [1.54, 1.807) is 4.90 Å². The molecule has 0 radical (unpaired) electrons. The van der Waals surface area contributed by atoms with Crippen LogP contribution in [0.1, 0.15) is 57.8 Å². The number of amides is 2. The normalized spacial score (nSPS) is 33.0. The van der Waals surface area contributed by atoms with Gasteiger partial charge in [0.15, 0.2) is 6.29 Å². The average Bonchev–Trinajstić information content (AvgIpc) is 3.07. The van der Waals surface area contributed by atoms with Crippen molar-refractivity contribution in [2.75, 3.05) is 26.3 Å². The summed E-state index contributed by atoms with van der Waals surface area (Å²) in [4.78, 5) is 27.5. The Kier molecular flexibility index (Phi) is 6.84. The van der Waals surface area contributed by atoms with Crippen LogP contribution in [0.25, 0.3) is 0 Å². The zero-order valence-corrected chi connectivity index (χ0v) is 19.5. The van der Waals surface area contributed by atoms with Crippen molar-refractivity contribution in [1.82, 2.24) is 10.2 Å². The lowest BCUT2D eigenvalue weighted by Crippen LogP contribution is -2.46. The molecule has 33 heavy (non-hydrogen) atoms. The molecule has 3 saturated heterocycles. The highest BCUT2D eigenvalue weighted by Gasteiger charge is 2.42. The SMILES string of the molecule is C=C1CCC(N2CC3CC(C4=CCC(COC5CCCCO5)CC4)=CC=C3C2=O)C(=O)NC1. The number of fused-ring (bicyclic) bond motifs is 1. The molecule has 3 fully saturated rings. The Morgan fingerprint density at radius 1 is 1.12 bits per heavy atom. The van der Waals surface area contributed by atoms with Crippen molar-refractivity contribution in [2.45, 2.75) is 70.1 Å². The van der Waals surface area contributed by atoms with Gasteiger partial charge < -0.3 is 19.7 Å². The third-order valence-electron chi connectivity index (χ3n) is 7.85. The molecular weight excluding hydrogens is 416 g/mol. The van der Waals surface area contributed by atoms with Crippen LogP contribution in [0.3, 0.4) is 0 Å². The van der Waals surface area contributed by atoms with Crippen LogP contribution >= 0.6 is 0 Å². The van der Waals surface area contributed by atoms with E-state index in [-0.39, 0.29) is 30.1 Å². The lowest BCUT2D eigenvalue weighted by atomic mass is 9.80. The molecule has 0 aromatic rings.